The van der Waals surface area contributed by atoms with E-state index in [-0.39, 0.29) is 0 Å². The van der Waals surface area contributed by atoms with Crippen LogP contribution < -0.4 is 4.90 Å². The number of anilines is 1. The average Bonchev–Trinajstić information content (AvgIpc) is 2.80. The van der Waals surface area contributed by atoms with Crippen molar-refractivity contribution >= 4 is 53.6 Å². The van der Waals surface area contributed by atoms with Gasteiger partial charge in [-0.1, -0.05) is 0 Å². The second-order valence-corrected chi connectivity index (χ2v) is 6.18. The number of hydrogen-bond donors (Lipinski definition) is 0. The highest BCUT2D eigenvalue weighted by Crippen LogP contribution is 2.29. The van der Waals surface area contributed by atoms with Crippen LogP contribution in [0.3, 0.4) is 0 Å². The predicted octanol–water partition coefficient (Wildman–Crippen LogP) is 1.55. The minimum Gasteiger partial charge on any atom is -0.352 e. The number of rotatable bonds is 4. The number of likely N-dealkylation sites (tertiary alicyclic amines) is 1. The zero-order valence-corrected chi connectivity index (χ0v) is 13.2. The zero-order valence-electron chi connectivity index (χ0n) is 10.2. The van der Waals surface area contributed by atoms with E-state index in [1.54, 1.807) is 20.3 Å². The fourth-order valence-corrected chi connectivity index (χ4v) is 3.51. The summed E-state index contributed by atoms with van der Waals surface area (Å²) in [6.07, 6.45) is 4.48. The molecule has 1 amide bonds. The molecule has 8 heteroatoms. The smallest absolute Gasteiger partial charge is 0.209 e. The SMILES string of the molecule is CN(c1ncnc2c1ccn2SI)C1CN(C=O)C1. The molecular weight excluding hydrogens is 377 g/mol. The summed E-state index contributed by atoms with van der Waals surface area (Å²) in [4.78, 5) is 23.2. The fourth-order valence-electron chi connectivity index (χ4n) is 2.24. The average molecular weight is 389 g/mol. The Morgan fingerprint density at radius 1 is 1.53 bits per heavy atom. The zero-order chi connectivity index (χ0) is 13.4. The Labute approximate surface area is 126 Å². The van der Waals surface area contributed by atoms with Crippen LogP contribution in [0.15, 0.2) is 18.6 Å². The van der Waals surface area contributed by atoms with Crippen LogP contribution >= 0.6 is 30.3 Å². The highest BCUT2D eigenvalue weighted by Gasteiger charge is 2.30. The Morgan fingerprint density at radius 2 is 2.32 bits per heavy atom. The first-order valence-electron chi connectivity index (χ1n) is 5.78. The van der Waals surface area contributed by atoms with Crippen LogP contribution in [0.5, 0.6) is 0 Å². The van der Waals surface area contributed by atoms with E-state index in [0.717, 1.165) is 36.4 Å². The summed E-state index contributed by atoms with van der Waals surface area (Å²) in [5.74, 6) is 0.921. The minimum atomic E-state index is 0.332. The standard InChI is InChI=1S/C11H12IN5OS/c1-15(8-4-16(5-8)7-18)10-9-2-3-17(19-12)11(9)14-6-13-10/h2-3,6-8H,4-5H2,1H3. The van der Waals surface area contributed by atoms with Gasteiger partial charge in [0.15, 0.2) is 5.65 Å². The minimum absolute atomic E-state index is 0.332. The molecule has 1 saturated heterocycles. The summed E-state index contributed by atoms with van der Waals surface area (Å²) in [6.45, 7) is 1.51. The first-order chi connectivity index (χ1) is 9.24. The van der Waals surface area contributed by atoms with E-state index in [1.165, 1.54) is 0 Å². The van der Waals surface area contributed by atoms with Crippen molar-refractivity contribution in [2.45, 2.75) is 6.04 Å². The van der Waals surface area contributed by atoms with Gasteiger partial charge in [0.1, 0.15) is 12.1 Å². The van der Waals surface area contributed by atoms with Gasteiger partial charge < -0.3 is 9.80 Å². The number of halogens is 1. The topological polar surface area (TPSA) is 54.3 Å². The molecule has 1 aliphatic heterocycles. The van der Waals surface area contributed by atoms with Crippen molar-refractivity contribution in [3.8, 4) is 0 Å². The monoisotopic (exact) mass is 389 g/mol. The van der Waals surface area contributed by atoms with Crippen molar-refractivity contribution in [3.05, 3.63) is 18.6 Å². The summed E-state index contributed by atoms with van der Waals surface area (Å²) in [6, 6.07) is 2.36. The molecule has 2 aromatic rings. The van der Waals surface area contributed by atoms with Crippen molar-refractivity contribution in [1.29, 1.82) is 0 Å². The highest BCUT2D eigenvalue weighted by molar-refractivity contribution is 14.2. The molecule has 19 heavy (non-hydrogen) atoms. The third-order valence-electron chi connectivity index (χ3n) is 3.42. The van der Waals surface area contributed by atoms with Crippen LogP contribution in [-0.4, -0.2) is 51.4 Å². The van der Waals surface area contributed by atoms with E-state index >= 15 is 0 Å². The lowest BCUT2D eigenvalue weighted by molar-refractivity contribution is -0.121. The van der Waals surface area contributed by atoms with E-state index in [9.17, 15) is 4.79 Å². The van der Waals surface area contributed by atoms with E-state index < -0.39 is 0 Å². The lowest BCUT2D eigenvalue weighted by atomic mass is 10.1. The lowest BCUT2D eigenvalue weighted by Crippen LogP contribution is -2.58. The molecule has 0 radical (unpaired) electrons. The molecule has 0 aromatic carbocycles. The Morgan fingerprint density at radius 3 is 3.00 bits per heavy atom. The van der Waals surface area contributed by atoms with Crippen LogP contribution in [0.1, 0.15) is 0 Å². The van der Waals surface area contributed by atoms with Gasteiger partial charge in [-0.05, 0) is 6.07 Å². The molecule has 3 rings (SSSR count). The Hall–Kier alpha value is -1.03. The first-order valence-corrected chi connectivity index (χ1v) is 9.09. The quantitative estimate of drug-likeness (QED) is 0.587. The molecule has 1 fully saturated rings. The fraction of sp³-hybridized carbons (Fsp3) is 0.364. The predicted molar refractivity (Wildman–Crippen MR) is 84.4 cm³/mol. The maximum atomic E-state index is 10.6. The molecule has 0 atom stereocenters. The van der Waals surface area contributed by atoms with Gasteiger partial charge in [0.2, 0.25) is 6.41 Å². The first kappa shape index (κ1) is 13.0. The summed E-state index contributed by atoms with van der Waals surface area (Å²) in [5, 5.41) is 1.04. The van der Waals surface area contributed by atoms with Crippen molar-refractivity contribution in [2.75, 3.05) is 25.0 Å². The molecule has 0 aliphatic carbocycles. The Bertz CT molecular complexity index is 612. The molecule has 0 spiro atoms. The van der Waals surface area contributed by atoms with Gasteiger partial charge in [0.05, 0.1) is 11.4 Å². The van der Waals surface area contributed by atoms with Gasteiger partial charge in [-0.15, -0.1) is 0 Å². The number of amides is 1. The summed E-state index contributed by atoms with van der Waals surface area (Å²) < 4.78 is 2.01. The van der Waals surface area contributed by atoms with Crippen LogP contribution in [0.25, 0.3) is 11.0 Å². The van der Waals surface area contributed by atoms with Gasteiger partial charge in [0.25, 0.3) is 0 Å². The summed E-state index contributed by atoms with van der Waals surface area (Å²) >= 11 is 2.23. The Balaban J connectivity index is 1.92. The van der Waals surface area contributed by atoms with E-state index in [0.29, 0.717) is 6.04 Å². The maximum Gasteiger partial charge on any atom is 0.209 e. The second-order valence-electron chi connectivity index (χ2n) is 4.47. The van der Waals surface area contributed by atoms with Crippen LogP contribution in [0, 0.1) is 0 Å². The van der Waals surface area contributed by atoms with Gasteiger partial charge in [-0.3, -0.25) is 8.77 Å². The van der Waals surface area contributed by atoms with Crippen LogP contribution in [0.4, 0.5) is 5.82 Å². The van der Waals surface area contributed by atoms with Gasteiger partial charge in [-0.2, -0.15) is 0 Å². The maximum absolute atomic E-state index is 10.6. The molecule has 1 aliphatic rings. The van der Waals surface area contributed by atoms with Crippen molar-refractivity contribution < 1.29 is 4.79 Å². The third-order valence-corrected chi connectivity index (χ3v) is 5.14. The molecule has 0 bridgehead atoms. The van der Waals surface area contributed by atoms with Crippen molar-refractivity contribution in [3.63, 3.8) is 0 Å². The number of fused-ring (bicyclic) bond motifs is 1. The number of hydrogen-bond acceptors (Lipinski definition) is 5. The van der Waals surface area contributed by atoms with E-state index in [2.05, 4.69) is 36.1 Å². The molecule has 0 unspecified atom stereocenters. The molecule has 0 N–H and O–H groups in total. The molecule has 100 valence electrons. The number of carbonyl (C=O) groups is 1. The van der Waals surface area contributed by atoms with E-state index in [4.69, 9.17) is 0 Å². The van der Waals surface area contributed by atoms with E-state index in [1.807, 2.05) is 23.3 Å². The van der Waals surface area contributed by atoms with Gasteiger partial charge in [0, 0.05) is 56.7 Å². The highest BCUT2D eigenvalue weighted by atomic mass is 127. The second kappa shape index (κ2) is 5.16. The number of nitrogens with zero attached hydrogens (tertiary/aromatic N) is 5. The number of aromatic nitrogens is 3. The van der Waals surface area contributed by atoms with Crippen molar-refractivity contribution in [1.82, 2.24) is 18.8 Å². The normalized spacial score (nSPS) is 15.6. The number of likely N-dealkylation sites (N-methyl/N-ethyl adjacent to an activating group) is 1. The van der Waals surface area contributed by atoms with Crippen LogP contribution in [0.2, 0.25) is 0 Å². The molecule has 2 aromatic heterocycles. The molecule has 3 heterocycles. The van der Waals surface area contributed by atoms with Crippen LogP contribution in [-0.2, 0) is 4.79 Å². The molecular formula is C11H12IN5OS. The summed E-state index contributed by atoms with van der Waals surface area (Å²) in [7, 11) is 3.60. The Kier molecular flexibility index (Phi) is 3.52. The largest absolute Gasteiger partial charge is 0.352 e. The lowest BCUT2D eigenvalue weighted by Gasteiger charge is -2.42. The summed E-state index contributed by atoms with van der Waals surface area (Å²) in [5.41, 5.74) is 0.919. The third kappa shape index (κ3) is 2.16. The number of carbonyl (C=O) groups excluding carboxylic acids is 1. The molecule has 0 saturated carbocycles. The van der Waals surface area contributed by atoms with Gasteiger partial charge in [-0.25, -0.2) is 9.97 Å². The molecule has 6 nitrogen and oxygen atoms in total. The van der Waals surface area contributed by atoms with Gasteiger partial charge >= 0.3 is 0 Å². The van der Waals surface area contributed by atoms with Crippen molar-refractivity contribution in [2.24, 2.45) is 0 Å².